The van der Waals surface area contributed by atoms with Crippen LogP contribution in [0, 0.1) is 11.8 Å². The first kappa shape index (κ1) is 10.4. The molecule has 14 heavy (non-hydrogen) atoms. The standard InChI is InChI=1S/C10H18O4/c1-5(2)6-3-8-13-7(4-11)10(14-8)9(6)12/h5-12H,3-4H2,1-2H3/t6-,7-,8-,9-,10-/m0/s1. The lowest BCUT2D eigenvalue weighted by molar-refractivity contribution is -0.151. The molecule has 82 valence electrons. The van der Waals surface area contributed by atoms with Crippen LogP contribution in [-0.2, 0) is 9.47 Å². The van der Waals surface area contributed by atoms with Crippen molar-refractivity contribution in [2.75, 3.05) is 6.61 Å². The summed E-state index contributed by atoms with van der Waals surface area (Å²) in [7, 11) is 0. The molecule has 0 unspecified atom stereocenters. The van der Waals surface area contributed by atoms with Gasteiger partial charge >= 0.3 is 0 Å². The van der Waals surface area contributed by atoms with Crippen molar-refractivity contribution in [3.8, 4) is 0 Å². The summed E-state index contributed by atoms with van der Waals surface area (Å²) < 4.78 is 10.9. The lowest BCUT2D eigenvalue weighted by Gasteiger charge is -2.34. The minimum Gasteiger partial charge on any atom is -0.394 e. The van der Waals surface area contributed by atoms with Gasteiger partial charge in [-0.2, -0.15) is 0 Å². The van der Waals surface area contributed by atoms with Crippen LogP contribution in [0.25, 0.3) is 0 Å². The van der Waals surface area contributed by atoms with Gasteiger partial charge in [0.2, 0.25) is 0 Å². The van der Waals surface area contributed by atoms with Crippen molar-refractivity contribution < 1.29 is 19.7 Å². The number of aliphatic hydroxyl groups excluding tert-OH is 2. The molecule has 2 heterocycles. The van der Waals surface area contributed by atoms with E-state index in [4.69, 9.17) is 14.6 Å². The molecule has 0 aliphatic carbocycles. The van der Waals surface area contributed by atoms with Crippen LogP contribution in [-0.4, -0.2) is 41.4 Å². The number of hydrogen-bond donors (Lipinski definition) is 2. The Kier molecular flexibility index (Phi) is 2.79. The van der Waals surface area contributed by atoms with Crippen molar-refractivity contribution >= 4 is 0 Å². The van der Waals surface area contributed by atoms with Crippen LogP contribution in [0.4, 0.5) is 0 Å². The van der Waals surface area contributed by atoms with E-state index in [2.05, 4.69) is 13.8 Å². The lowest BCUT2D eigenvalue weighted by atomic mass is 9.83. The van der Waals surface area contributed by atoms with E-state index in [1.165, 1.54) is 0 Å². The van der Waals surface area contributed by atoms with Crippen LogP contribution in [0.2, 0.25) is 0 Å². The quantitative estimate of drug-likeness (QED) is 0.668. The maximum Gasteiger partial charge on any atom is 0.159 e. The van der Waals surface area contributed by atoms with Gasteiger partial charge in [-0.05, 0) is 11.8 Å². The molecule has 2 rings (SSSR count). The van der Waals surface area contributed by atoms with Crippen molar-refractivity contribution in [3.05, 3.63) is 0 Å². The highest BCUT2D eigenvalue weighted by Gasteiger charge is 2.49. The van der Waals surface area contributed by atoms with Crippen LogP contribution in [0.3, 0.4) is 0 Å². The maximum absolute atomic E-state index is 10.0. The van der Waals surface area contributed by atoms with Gasteiger partial charge in [0.1, 0.15) is 12.2 Å². The summed E-state index contributed by atoms with van der Waals surface area (Å²) in [5.74, 6) is 0.634. The molecule has 2 N–H and O–H groups in total. The molecule has 2 fully saturated rings. The molecular weight excluding hydrogens is 184 g/mol. The fraction of sp³-hybridized carbons (Fsp3) is 1.00. The molecule has 2 saturated heterocycles. The molecule has 0 radical (unpaired) electrons. The molecule has 5 atom stereocenters. The Balaban J connectivity index is 2.10. The summed E-state index contributed by atoms with van der Waals surface area (Å²) in [5, 5.41) is 19.1. The van der Waals surface area contributed by atoms with E-state index in [0.29, 0.717) is 5.92 Å². The maximum atomic E-state index is 10.0. The first-order valence-electron chi connectivity index (χ1n) is 5.23. The summed E-state index contributed by atoms with van der Waals surface area (Å²) in [6.45, 7) is 4.10. The van der Waals surface area contributed by atoms with Gasteiger partial charge in [0.15, 0.2) is 6.29 Å². The SMILES string of the molecule is CC(C)[C@@H]1C[C@@H]2O[C@H]([C@H]1O)[C@H](CO)O2. The number of rotatable bonds is 2. The largest absolute Gasteiger partial charge is 0.394 e. The van der Waals surface area contributed by atoms with E-state index in [-0.39, 0.29) is 31.0 Å². The topological polar surface area (TPSA) is 58.9 Å². The predicted octanol–water partition coefficient (Wildman–Crippen LogP) is 0.126. The monoisotopic (exact) mass is 202 g/mol. The Labute approximate surface area is 83.8 Å². The third-order valence-electron chi connectivity index (χ3n) is 3.28. The number of aliphatic hydroxyl groups is 2. The highest BCUT2D eigenvalue weighted by molar-refractivity contribution is 4.93. The molecule has 4 nitrogen and oxygen atoms in total. The summed E-state index contributed by atoms with van der Waals surface area (Å²) in [5.41, 5.74) is 0. The van der Waals surface area contributed by atoms with Crippen molar-refractivity contribution in [2.45, 2.75) is 44.9 Å². The average Bonchev–Trinajstić information content (AvgIpc) is 2.50. The minimum absolute atomic E-state index is 0.0803. The van der Waals surface area contributed by atoms with E-state index in [0.717, 1.165) is 6.42 Å². The van der Waals surface area contributed by atoms with Gasteiger partial charge in [0.05, 0.1) is 12.7 Å². The highest BCUT2D eigenvalue weighted by atomic mass is 16.7. The second kappa shape index (κ2) is 3.77. The second-order valence-electron chi connectivity index (χ2n) is 4.52. The van der Waals surface area contributed by atoms with Gasteiger partial charge < -0.3 is 19.7 Å². The molecule has 0 aromatic carbocycles. The summed E-state index contributed by atoms with van der Waals surface area (Å²) >= 11 is 0. The zero-order valence-electron chi connectivity index (χ0n) is 8.59. The van der Waals surface area contributed by atoms with Crippen molar-refractivity contribution in [3.63, 3.8) is 0 Å². The van der Waals surface area contributed by atoms with Gasteiger partial charge in [-0.3, -0.25) is 0 Å². The van der Waals surface area contributed by atoms with Gasteiger partial charge in [-0.15, -0.1) is 0 Å². The molecule has 0 aromatic heterocycles. The summed E-state index contributed by atoms with van der Waals surface area (Å²) in [6, 6.07) is 0. The molecule has 2 aliphatic rings. The van der Waals surface area contributed by atoms with Gasteiger partial charge in [0.25, 0.3) is 0 Å². The van der Waals surface area contributed by atoms with Crippen molar-refractivity contribution in [1.29, 1.82) is 0 Å². The van der Waals surface area contributed by atoms with E-state index in [9.17, 15) is 5.11 Å². The van der Waals surface area contributed by atoms with Crippen molar-refractivity contribution in [2.24, 2.45) is 11.8 Å². The van der Waals surface area contributed by atoms with E-state index in [1.54, 1.807) is 0 Å². The van der Waals surface area contributed by atoms with E-state index >= 15 is 0 Å². The Bertz CT molecular complexity index is 204. The van der Waals surface area contributed by atoms with Crippen LogP contribution < -0.4 is 0 Å². The molecule has 0 spiro atoms. The fourth-order valence-corrected chi connectivity index (χ4v) is 2.40. The normalized spacial score (nSPS) is 47.4. The van der Waals surface area contributed by atoms with E-state index < -0.39 is 6.10 Å². The first-order chi connectivity index (χ1) is 6.63. The molecule has 2 aliphatic heterocycles. The number of ether oxygens (including phenoxy) is 2. The molecule has 0 aromatic rings. The van der Waals surface area contributed by atoms with Crippen LogP contribution in [0.15, 0.2) is 0 Å². The number of fused-ring (bicyclic) bond motifs is 2. The zero-order valence-corrected chi connectivity index (χ0v) is 8.59. The molecule has 4 heteroatoms. The Hall–Kier alpha value is -0.160. The first-order valence-corrected chi connectivity index (χ1v) is 5.23. The fourth-order valence-electron chi connectivity index (χ4n) is 2.40. The Morgan fingerprint density at radius 3 is 2.64 bits per heavy atom. The van der Waals surface area contributed by atoms with Crippen molar-refractivity contribution in [1.82, 2.24) is 0 Å². The van der Waals surface area contributed by atoms with Crippen LogP contribution >= 0.6 is 0 Å². The molecular formula is C10H18O4. The predicted molar refractivity (Wildman–Crippen MR) is 49.6 cm³/mol. The lowest BCUT2D eigenvalue weighted by Crippen LogP contribution is -2.45. The van der Waals surface area contributed by atoms with Gasteiger partial charge in [-0.25, -0.2) is 0 Å². The van der Waals surface area contributed by atoms with Crippen LogP contribution in [0.5, 0.6) is 0 Å². The second-order valence-corrected chi connectivity index (χ2v) is 4.52. The van der Waals surface area contributed by atoms with Crippen LogP contribution in [0.1, 0.15) is 20.3 Å². The van der Waals surface area contributed by atoms with Gasteiger partial charge in [0, 0.05) is 6.42 Å². The zero-order chi connectivity index (χ0) is 10.3. The highest BCUT2D eigenvalue weighted by Crippen LogP contribution is 2.38. The molecule has 0 amide bonds. The van der Waals surface area contributed by atoms with E-state index in [1.807, 2.05) is 0 Å². The summed E-state index contributed by atoms with van der Waals surface area (Å²) in [4.78, 5) is 0. The van der Waals surface area contributed by atoms with Gasteiger partial charge in [-0.1, -0.05) is 13.8 Å². The Morgan fingerprint density at radius 1 is 1.36 bits per heavy atom. The third kappa shape index (κ3) is 1.56. The minimum atomic E-state index is -0.508. The third-order valence-corrected chi connectivity index (χ3v) is 3.28. The molecule has 2 bridgehead atoms. The summed E-state index contributed by atoms with van der Waals surface area (Å²) in [6.07, 6.45) is -0.699. The Morgan fingerprint density at radius 2 is 2.07 bits per heavy atom. The number of hydrogen-bond acceptors (Lipinski definition) is 4. The molecule has 0 saturated carbocycles. The average molecular weight is 202 g/mol. The smallest absolute Gasteiger partial charge is 0.159 e.